The number of hydrogen-bond donors (Lipinski definition) is 1. The predicted octanol–water partition coefficient (Wildman–Crippen LogP) is 2.07. The highest BCUT2D eigenvalue weighted by atomic mass is 16.6. The van der Waals surface area contributed by atoms with Gasteiger partial charge in [-0.05, 0) is 34.1 Å². The average molecular weight is 285 g/mol. The Morgan fingerprint density at radius 3 is 2.40 bits per heavy atom. The number of likely N-dealkylation sites (tertiary alicyclic amines) is 1. The Morgan fingerprint density at radius 1 is 1.45 bits per heavy atom. The third kappa shape index (κ3) is 3.11. The highest BCUT2D eigenvalue weighted by Crippen LogP contribution is 2.34. The minimum absolute atomic E-state index is 0.0411. The molecule has 1 aliphatic heterocycles. The minimum atomic E-state index is -1.51. The van der Waals surface area contributed by atoms with Crippen LogP contribution in [0.5, 0.6) is 0 Å². The van der Waals surface area contributed by atoms with Gasteiger partial charge in [0.25, 0.3) is 0 Å². The first kappa shape index (κ1) is 16.5. The van der Waals surface area contributed by atoms with Crippen LogP contribution in [0.2, 0.25) is 0 Å². The van der Waals surface area contributed by atoms with Gasteiger partial charge in [-0.2, -0.15) is 0 Å². The molecule has 1 rings (SSSR count). The number of piperidine rings is 1. The lowest BCUT2D eigenvalue weighted by atomic mass is 9.75. The van der Waals surface area contributed by atoms with Gasteiger partial charge in [0.15, 0.2) is 5.78 Å². The molecule has 1 fully saturated rings. The number of rotatable bonds is 2. The molecule has 1 N–H and O–H groups in total. The van der Waals surface area contributed by atoms with Crippen molar-refractivity contribution in [2.75, 3.05) is 6.54 Å². The van der Waals surface area contributed by atoms with E-state index < -0.39 is 23.1 Å². The van der Waals surface area contributed by atoms with Gasteiger partial charge in [0.1, 0.15) is 11.0 Å². The van der Waals surface area contributed by atoms with Crippen LogP contribution in [-0.2, 0) is 14.3 Å². The fraction of sp³-hybridized carbons (Fsp3) is 0.786. The maximum atomic E-state index is 12.2. The van der Waals surface area contributed by atoms with Crippen molar-refractivity contribution in [2.24, 2.45) is 5.41 Å². The number of carbonyl (C=O) groups excluding carboxylic acids is 2. The number of Topliss-reactive ketones (excluding diaryl/α,β-unsaturated/α-hetero) is 1. The summed E-state index contributed by atoms with van der Waals surface area (Å²) in [5, 5.41) is 9.38. The van der Waals surface area contributed by atoms with Crippen molar-refractivity contribution in [3.05, 3.63) is 0 Å². The Balaban J connectivity index is 3.01. The van der Waals surface area contributed by atoms with Gasteiger partial charge < -0.3 is 14.7 Å². The quantitative estimate of drug-likeness (QED) is 0.785. The van der Waals surface area contributed by atoms with Crippen molar-refractivity contribution in [3.63, 3.8) is 0 Å². The number of carboxylic acid groups (broad SMARTS) is 1. The van der Waals surface area contributed by atoms with Gasteiger partial charge in [0.05, 0.1) is 0 Å². The molecule has 0 spiro atoms. The van der Waals surface area contributed by atoms with Crippen molar-refractivity contribution in [2.45, 2.75) is 59.1 Å². The summed E-state index contributed by atoms with van der Waals surface area (Å²) in [6.07, 6.45) is -0.372. The van der Waals surface area contributed by atoms with Gasteiger partial charge in [-0.15, -0.1) is 0 Å². The van der Waals surface area contributed by atoms with Gasteiger partial charge in [0, 0.05) is 19.0 Å². The number of carbonyl (C=O) groups is 3. The van der Waals surface area contributed by atoms with E-state index in [4.69, 9.17) is 4.74 Å². The first-order valence-electron chi connectivity index (χ1n) is 6.80. The number of hydrogen-bond acceptors (Lipinski definition) is 4. The lowest BCUT2D eigenvalue weighted by Gasteiger charge is -2.42. The molecule has 2 atom stereocenters. The number of amides is 1. The fourth-order valence-corrected chi connectivity index (χ4v) is 2.32. The standard InChI is InChI=1S/C14H23NO5/c1-6-14(11(17)18)8-15(9(2)7-10(14)16)12(19)20-13(3,4)5/h9H,6-8H2,1-5H3,(H,17,18). The zero-order chi connectivity index (χ0) is 15.7. The molecule has 0 aromatic rings. The van der Waals surface area contributed by atoms with Crippen molar-refractivity contribution in [3.8, 4) is 0 Å². The lowest BCUT2D eigenvalue weighted by molar-refractivity contribution is -0.160. The topological polar surface area (TPSA) is 83.9 Å². The molecule has 6 nitrogen and oxygen atoms in total. The second-order valence-electron chi connectivity index (χ2n) is 6.33. The number of carboxylic acids is 1. The molecule has 0 aromatic carbocycles. The summed E-state index contributed by atoms with van der Waals surface area (Å²) >= 11 is 0. The van der Waals surface area contributed by atoms with E-state index in [2.05, 4.69) is 0 Å². The highest BCUT2D eigenvalue weighted by Gasteiger charge is 2.51. The van der Waals surface area contributed by atoms with E-state index >= 15 is 0 Å². The van der Waals surface area contributed by atoms with Crippen LogP contribution in [-0.4, -0.2) is 46.0 Å². The van der Waals surface area contributed by atoms with Crippen LogP contribution >= 0.6 is 0 Å². The largest absolute Gasteiger partial charge is 0.480 e. The summed E-state index contributed by atoms with van der Waals surface area (Å²) in [5.41, 5.74) is -2.17. The molecule has 1 aliphatic rings. The van der Waals surface area contributed by atoms with Gasteiger partial charge in [-0.3, -0.25) is 9.59 Å². The second-order valence-corrected chi connectivity index (χ2v) is 6.33. The van der Waals surface area contributed by atoms with Crippen LogP contribution < -0.4 is 0 Å². The van der Waals surface area contributed by atoms with Crippen LogP contribution in [0.1, 0.15) is 47.5 Å². The molecule has 1 amide bonds. The molecule has 0 aromatic heterocycles. The molecular weight excluding hydrogens is 262 g/mol. The van der Waals surface area contributed by atoms with Crippen molar-refractivity contribution < 1.29 is 24.2 Å². The minimum Gasteiger partial charge on any atom is -0.480 e. The molecule has 0 aliphatic carbocycles. The predicted molar refractivity (Wildman–Crippen MR) is 72.4 cm³/mol. The zero-order valence-corrected chi connectivity index (χ0v) is 12.7. The Hall–Kier alpha value is -1.59. The molecule has 6 heteroatoms. The van der Waals surface area contributed by atoms with Crippen LogP contribution in [0.25, 0.3) is 0 Å². The second kappa shape index (κ2) is 5.42. The molecule has 20 heavy (non-hydrogen) atoms. The zero-order valence-electron chi connectivity index (χ0n) is 12.7. The fourth-order valence-electron chi connectivity index (χ4n) is 2.32. The van der Waals surface area contributed by atoms with E-state index in [1.165, 1.54) is 4.90 Å². The molecule has 2 unspecified atom stereocenters. The first-order valence-corrected chi connectivity index (χ1v) is 6.80. The summed E-state index contributed by atoms with van der Waals surface area (Å²) in [6, 6.07) is -0.351. The van der Waals surface area contributed by atoms with E-state index in [-0.39, 0.29) is 31.2 Å². The van der Waals surface area contributed by atoms with E-state index in [0.29, 0.717) is 0 Å². The molecule has 1 heterocycles. The maximum absolute atomic E-state index is 12.2. The molecule has 114 valence electrons. The van der Waals surface area contributed by atoms with E-state index in [1.807, 2.05) is 0 Å². The van der Waals surface area contributed by atoms with Gasteiger partial charge >= 0.3 is 12.1 Å². The summed E-state index contributed by atoms with van der Waals surface area (Å²) in [7, 11) is 0. The summed E-state index contributed by atoms with van der Waals surface area (Å²) < 4.78 is 5.28. The Labute approximate surface area is 119 Å². The Kier molecular flexibility index (Phi) is 4.46. The first-order chi connectivity index (χ1) is 9.03. The molecule has 0 radical (unpaired) electrons. The normalized spacial score (nSPS) is 27.4. The number of ether oxygens (including phenoxy) is 1. The van der Waals surface area contributed by atoms with Crippen LogP contribution in [0, 0.1) is 5.41 Å². The maximum Gasteiger partial charge on any atom is 0.410 e. The SMILES string of the molecule is CCC1(C(=O)O)CN(C(=O)OC(C)(C)C)C(C)CC1=O. The summed E-state index contributed by atoms with van der Waals surface area (Å²) in [4.78, 5) is 37.1. The molecular formula is C14H23NO5. The van der Waals surface area contributed by atoms with Gasteiger partial charge in [-0.25, -0.2) is 4.79 Å². The molecule has 0 bridgehead atoms. The Morgan fingerprint density at radius 2 is 2.00 bits per heavy atom. The van der Waals surface area contributed by atoms with Gasteiger partial charge in [0.2, 0.25) is 0 Å². The number of aliphatic carboxylic acids is 1. The molecule has 0 saturated carbocycles. The average Bonchev–Trinajstić information content (AvgIpc) is 2.26. The van der Waals surface area contributed by atoms with Crippen LogP contribution in [0.15, 0.2) is 0 Å². The van der Waals surface area contributed by atoms with E-state index in [9.17, 15) is 19.5 Å². The van der Waals surface area contributed by atoms with Crippen LogP contribution in [0.4, 0.5) is 4.79 Å². The monoisotopic (exact) mass is 285 g/mol. The highest BCUT2D eigenvalue weighted by molar-refractivity contribution is 6.04. The smallest absolute Gasteiger partial charge is 0.410 e. The van der Waals surface area contributed by atoms with E-state index in [0.717, 1.165) is 0 Å². The Bertz CT molecular complexity index is 426. The van der Waals surface area contributed by atoms with Gasteiger partial charge in [-0.1, -0.05) is 6.92 Å². The van der Waals surface area contributed by atoms with Crippen molar-refractivity contribution in [1.82, 2.24) is 4.90 Å². The van der Waals surface area contributed by atoms with Crippen molar-refractivity contribution in [1.29, 1.82) is 0 Å². The summed E-state index contributed by atoms with van der Waals surface area (Å²) in [5.74, 6) is -1.50. The third-order valence-corrected chi connectivity index (χ3v) is 3.63. The van der Waals surface area contributed by atoms with Crippen molar-refractivity contribution >= 4 is 17.8 Å². The molecule has 1 saturated heterocycles. The third-order valence-electron chi connectivity index (χ3n) is 3.63. The number of nitrogens with zero attached hydrogens (tertiary/aromatic N) is 1. The summed E-state index contributed by atoms with van der Waals surface area (Å²) in [6.45, 7) is 8.48. The number of ketones is 1. The lowest BCUT2D eigenvalue weighted by Crippen LogP contribution is -2.58. The van der Waals surface area contributed by atoms with Crippen LogP contribution in [0.3, 0.4) is 0 Å². The van der Waals surface area contributed by atoms with E-state index in [1.54, 1.807) is 34.6 Å².